The minimum atomic E-state index is 0.266. The maximum absolute atomic E-state index is 4.70. The van der Waals surface area contributed by atoms with Gasteiger partial charge in [-0.25, -0.2) is 4.98 Å². The molecule has 1 aromatic rings. The SMILES string of the molecule is CC(C)NCc1nc2c([nH]1)CCC2(C)C. The fraction of sp³-hybridized carbons (Fsp3) is 0.750. The summed E-state index contributed by atoms with van der Waals surface area (Å²) in [6.07, 6.45) is 2.37. The highest BCUT2D eigenvalue weighted by molar-refractivity contribution is 5.28. The lowest BCUT2D eigenvalue weighted by Crippen LogP contribution is -2.23. The molecule has 0 bridgehead atoms. The molecular weight excluding hydrogens is 186 g/mol. The van der Waals surface area contributed by atoms with Crippen LogP contribution in [0.2, 0.25) is 0 Å². The van der Waals surface area contributed by atoms with Crippen molar-refractivity contribution in [1.82, 2.24) is 15.3 Å². The van der Waals surface area contributed by atoms with E-state index < -0.39 is 0 Å². The van der Waals surface area contributed by atoms with Gasteiger partial charge >= 0.3 is 0 Å². The van der Waals surface area contributed by atoms with Crippen molar-refractivity contribution in [1.29, 1.82) is 0 Å². The van der Waals surface area contributed by atoms with Crippen LogP contribution in [-0.2, 0) is 18.4 Å². The van der Waals surface area contributed by atoms with Gasteiger partial charge in [-0.2, -0.15) is 0 Å². The smallest absolute Gasteiger partial charge is 0.120 e. The predicted octanol–water partition coefficient (Wildman–Crippen LogP) is 2.13. The van der Waals surface area contributed by atoms with E-state index >= 15 is 0 Å². The van der Waals surface area contributed by atoms with Gasteiger partial charge < -0.3 is 10.3 Å². The standard InChI is InChI=1S/C12H21N3/c1-8(2)13-7-10-14-9-5-6-12(3,4)11(9)15-10/h8,13H,5-7H2,1-4H3,(H,14,15). The third-order valence-corrected chi connectivity index (χ3v) is 3.15. The van der Waals surface area contributed by atoms with E-state index in [1.807, 2.05) is 0 Å². The van der Waals surface area contributed by atoms with Gasteiger partial charge in [0.05, 0.1) is 12.2 Å². The summed E-state index contributed by atoms with van der Waals surface area (Å²) in [5.74, 6) is 1.08. The molecular formula is C12H21N3. The number of fused-ring (bicyclic) bond motifs is 1. The summed E-state index contributed by atoms with van der Waals surface area (Å²) < 4.78 is 0. The highest BCUT2D eigenvalue weighted by Crippen LogP contribution is 2.36. The van der Waals surface area contributed by atoms with Crippen LogP contribution >= 0.6 is 0 Å². The number of aromatic nitrogens is 2. The van der Waals surface area contributed by atoms with Crippen LogP contribution in [0.25, 0.3) is 0 Å². The lowest BCUT2D eigenvalue weighted by molar-refractivity contribution is 0.502. The van der Waals surface area contributed by atoms with E-state index in [1.165, 1.54) is 17.8 Å². The van der Waals surface area contributed by atoms with Gasteiger partial charge in [0.1, 0.15) is 5.82 Å². The summed E-state index contributed by atoms with van der Waals surface area (Å²) >= 11 is 0. The van der Waals surface area contributed by atoms with E-state index in [0.29, 0.717) is 6.04 Å². The molecule has 0 radical (unpaired) electrons. The van der Waals surface area contributed by atoms with Crippen molar-refractivity contribution in [3.8, 4) is 0 Å². The molecule has 0 fully saturated rings. The van der Waals surface area contributed by atoms with E-state index in [9.17, 15) is 0 Å². The monoisotopic (exact) mass is 207 g/mol. The number of imidazole rings is 1. The zero-order valence-corrected chi connectivity index (χ0v) is 10.1. The maximum Gasteiger partial charge on any atom is 0.120 e. The Labute approximate surface area is 91.7 Å². The highest BCUT2D eigenvalue weighted by Gasteiger charge is 2.33. The van der Waals surface area contributed by atoms with Gasteiger partial charge in [0, 0.05) is 17.2 Å². The molecule has 0 saturated carbocycles. The van der Waals surface area contributed by atoms with E-state index in [0.717, 1.165) is 18.8 Å². The Hall–Kier alpha value is -0.830. The summed E-state index contributed by atoms with van der Waals surface area (Å²) in [6.45, 7) is 9.71. The number of aromatic amines is 1. The van der Waals surface area contributed by atoms with Crippen LogP contribution in [0, 0.1) is 0 Å². The van der Waals surface area contributed by atoms with E-state index in [2.05, 4.69) is 38.0 Å². The van der Waals surface area contributed by atoms with Crippen molar-refractivity contribution in [3.63, 3.8) is 0 Å². The summed E-state index contributed by atoms with van der Waals surface area (Å²) in [6, 6.07) is 0.512. The summed E-state index contributed by atoms with van der Waals surface area (Å²) in [5.41, 5.74) is 2.89. The number of hydrogen-bond donors (Lipinski definition) is 2. The summed E-state index contributed by atoms with van der Waals surface area (Å²) in [5, 5.41) is 3.38. The van der Waals surface area contributed by atoms with Gasteiger partial charge in [0.25, 0.3) is 0 Å². The van der Waals surface area contributed by atoms with Gasteiger partial charge in [0.2, 0.25) is 0 Å². The highest BCUT2D eigenvalue weighted by atomic mass is 15.0. The second-order valence-corrected chi connectivity index (χ2v) is 5.43. The first-order chi connectivity index (χ1) is 6.99. The van der Waals surface area contributed by atoms with Gasteiger partial charge in [-0.1, -0.05) is 27.7 Å². The quantitative estimate of drug-likeness (QED) is 0.797. The van der Waals surface area contributed by atoms with Crippen LogP contribution in [0.15, 0.2) is 0 Å². The minimum Gasteiger partial charge on any atom is -0.345 e. The Morgan fingerprint density at radius 2 is 2.20 bits per heavy atom. The molecule has 1 aliphatic carbocycles. The van der Waals surface area contributed by atoms with E-state index in [4.69, 9.17) is 4.98 Å². The first kappa shape index (κ1) is 10.7. The van der Waals surface area contributed by atoms with Gasteiger partial charge in [0.15, 0.2) is 0 Å². The first-order valence-electron chi connectivity index (χ1n) is 5.80. The molecule has 0 atom stereocenters. The van der Waals surface area contributed by atoms with Crippen LogP contribution in [0.3, 0.4) is 0 Å². The van der Waals surface area contributed by atoms with Gasteiger partial charge in [-0.05, 0) is 12.8 Å². The van der Waals surface area contributed by atoms with Crippen LogP contribution in [0.5, 0.6) is 0 Å². The molecule has 84 valence electrons. The zero-order valence-electron chi connectivity index (χ0n) is 10.1. The van der Waals surface area contributed by atoms with Crippen LogP contribution in [0.4, 0.5) is 0 Å². The van der Waals surface area contributed by atoms with Crippen molar-refractivity contribution < 1.29 is 0 Å². The molecule has 0 aliphatic heterocycles. The Morgan fingerprint density at radius 3 is 2.80 bits per heavy atom. The van der Waals surface area contributed by atoms with Crippen molar-refractivity contribution in [3.05, 3.63) is 17.2 Å². The number of H-pyrrole nitrogens is 1. The molecule has 2 rings (SSSR count). The molecule has 3 nitrogen and oxygen atoms in total. The normalized spacial score (nSPS) is 18.5. The Kier molecular flexibility index (Phi) is 2.59. The second-order valence-electron chi connectivity index (χ2n) is 5.43. The van der Waals surface area contributed by atoms with Gasteiger partial charge in [-0.15, -0.1) is 0 Å². The average molecular weight is 207 g/mol. The topological polar surface area (TPSA) is 40.7 Å². The zero-order chi connectivity index (χ0) is 11.1. The third kappa shape index (κ3) is 2.07. The summed E-state index contributed by atoms with van der Waals surface area (Å²) in [4.78, 5) is 8.13. The molecule has 0 spiro atoms. The largest absolute Gasteiger partial charge is 0.345 e. The molecule has 0 unspecified atom stereocenters. The molecule has 0 aromatic carbocycles. The third-order valence-electron chi connectivity index (χ3n) is 3.15. The first-order valence-corrected chi connectivity index (χ1v) is 5.80. The lowest BCUT2D eigenvalue weighted by atomic mass is 9.91. The lowest BCUT2D eigenvalue weighted by Gasteiger charge is -2.15. The Bertz CT molecular complexity index is 350. The average Bonchev–Trinajstić information content (AvgIpc) is 2.65. The minimum absolute atomic E-state index is 0.266. The van der Waals surface area contributed by atoms with Crippen LogP contribution < -0.4 is 5.32 Å². The number of nitrogens with zero attached hydrogens (tertiary/aromatic N) is 1. The molecule has 1 aliphatic rings. The molecule has 1 aromatic heterocycles. The Balaban J connectivity index is 2.11. The molecule has 2 N–H and O–H groups in total. The van der Waals surface area contributed by atoms with Crippen molar-refractivity contribution >= 4 is 0 Å². The Morgan fingerprint density at radius 1 is 1.47 bits per heavy atom. The second kappa shape index (κ2) is 3.63. The number of hydrogen-bond acceptors (Lipinski definition) is 2. The van der Waals surface area contributed by atoms with Crippen LogP contribution in [0.1, 0.15) is 51.3 Å². The fourth-order valence-electron chi connectivity index (χ4n) is 2.14. The van der Waals surface area contributed by atoms with E-state index in [1.54, 1.807) is 0 Å². The maximum atomic E-state index is 4.70. The number of nitrogens with one attached hydrogen (secondary N) is 2. The fourth-order valence-corrected chi connectivity index (χ4v) is 2.14. The van der Waals surface area contributed by atoms with Crippen molar-refractivity contribution in [2.45, 2.75) is 58.5 Å². The molecule has 15 heavy (non-hydrogen) atoms. The number of rotatable bonds is 3. The molecule has 0 saturated heterocycles. The van der Waals surface area contributed by atoms with E-state index in [-0.39, 0.29) is 5.41 Å². The van der Waals surface area contributed by atoms with Crippen LogP contribution in [-0.4, -0.2) is 16.0 Å². The summed E-state index contributed by atoms with van der Waals surface area (Å²) in [7, 11) is 0. The molecule has 0 amide bonds. The van der Waals surface area contributed by atoms with Gasteiger partial charge in [-0.3, -0.25) is 0 Å². The van der Waals surface area contributed by atoms with Crippen molar-refractivity contribution in [2.75, 3.05) is 0 Å². The predicted molar refractivity (Wildman–Crippen MR) is 61.9 cm³/mol. The van der Waals surface area contributed by atoms with Crippen molar-refractivity contribution in [2.24, 2.45) is 0 Å². The molecule has 3 heteroatoms. The molecule has 1 heterocycles. The number of aryl methyl sites for hydroxylation is 1.